The van der Waals surface area contributed by atoms with Crippen LogP contribution in [0.25, 0.3) is 0 Å². The minimum Gasteiger partial charge on any atom is -0.454 e. The second-order valence-electron chi connectivity index (χ2n) is 6.76. The van der Waals surface area contributed by atoms with E-state index in [1.807, 2.05) is 18.2 Å². The molecule has 0 spiro atoms. The number of benzene rings is 1. The van der Waals surface area contributed by atoms with E-state index < -0.39 is 9.84 Å². The quantitative estimate of drug-likeness (QED) is 0.757. The summed E-state index contributed by atoms with van der Waals surface area (Å²) in [5, 5.41) is 4.04. The average molecular weight is 409 g/mol. The van der Waals surface area contributed by atoms with Crippen LogP contribution in [-0.2, 0) is 21.1 Å². The normalized spacial score (nSPS) is 19.3. The smallest absolute Gasteiger partial charge is 0.231 e. The fraction of sp³-hybridized carbons (Fsp3) is 0.471. The van der Waals surface area contributed by atoms with Crippen LogP contribution in [0, 0.1) is 0 Å². The van der Waals surface area contributed by atoms with Crippen molar-refractivity contribution in [2.75, 3.05) is 26.1 Å². The van der Waals surface area contributed by atoms with Crippen LogP contribution in [-0.4, -0.2) is 55.0 Å². The zero-order valence-electron chi connectivity index (χ0n) is 14.8. The maximum absolute atomic E-state index is 12.8. The number of hydrogen-bond acceptors (Lipinski definition) is 8. The number of rotatable bonds is 4. The van der Waals surface area contributed by atoms with Crippen LogP contribution >= 0.6 is 11.5 Å². The Morgan fingerprint density at radius 1 is 1.33 bits per heavy atom. The van der Waals surface area contributed by atoms with Gasteiger partial charge in [-0.1, -0.05) is 10.6 Å². The monoisotopic (exact) mass is 409 g/mol. The van der Waals surface area contributed by atoms with Crippen LogP contribution < -0.4 is 9.47 Å². The number of hydrogen-bond donors (Lipinski definition) is 0. The predicted octanol–water partition coefficient (Wildman–Crippen LogP) is 1.62. The Morgan fingerprint density at radius 2 is 2.15 bits per heavy atom. The number of sulfone groups is 1. The maximum Gasteiger partial charge on any atom is 0.231 e. The second kappa shape index (κ2) is 7.08. The van der Waals surface area contributed by atoms with Crippen LogP contribution in [0.3, 0.4) is 0 Å². The van der Waals surface area contributed by atoms with Crippen LogP contribution in [0.5, 0.6) is 11.5 Å². The summed E-state index contributed by atoms with van der Waals surface area (Å²) in [4.78, 5) is 14.5. The molecule has 0 saturated carbocycles. The molecular formula is C17H19N3O5S2. The first kappa shape index (κ1) is 18.2. The first-order valence-electron chi connectivity index (χ1n) is 8.60. The Kier molecular flexibility index (Phi) is 4.77. The highest BCUT2D eigenvalue weighted by Gasteiger charge is 2.31. The van der Waals surface area contributed by atoms with Crippen LogP contribution in [0.15, 0.2) is 22.4 Å². The summed E-state index contributed by atoms with van der Waals surface area (Å²) in [7, 11) is -3.37. The van der Waals surface area contributed by atoms with Gasteiger partial charge >= 0.3 is 0 Å². The van der Waals surface area contributed by atoms with E-state index in [0.717, 1.165) is 36.2 Å². The summed E-state index contributed by atoms with van der Waals surface area (Å²) < 4.78 is 38.5. The number of piperidine rings is 1. The Morgan fingerprint density at radius 3 is 2.96 bits per heavy atom. The standard InChI is InChI=1S/C17H19N3O5S2/c1-27(22,23)17-16(18-19-26-17)12-3-2-6-20(9-12)15(21)8-11-4-5-13-14(7-11)25-10-24-13/h4-5,7,12H,2-3,6,8-10H2,1H3/t12-/m0/s1. The molecule has 0 radical (unpaired) electrons. The number of carbonyl (C=O) groups is 1. The summed E-state index contributed by atoms with van der Waals surface area (Å²) in [6.45, 7) is 1.31. The van der Waals surface area contributed by atoms with Gasteiger partial charge < -0.3 is 14.4 Å². The molecule has 1 aromatic heterocycles. The first-order valence-corrected chi connectivity index (χ1v) is 11.3. The zero-order chi connectivity index (χ0) is 19.0. The summed E-state index contributed by atoms with van der Waals surface area (Å²) >= 11 is 0.895. The Hall–Kier alpha value is -2.20. The molecule has 0 bridgehead atoms. The molecule has 2 aromatic rings. The fourth-order valence-corrected chi connectivity index (χ4v) is 5.19. The molecule has 1 aromatic carbocycles. The van der Waals surface area contributed by atoms with Crippen molar-refractivity contribution >= 4 is 27.3 Å². The highest BCUT2D eigenvalue weighted by atomic mass is 32.2. The highest BCUT2D eigenvalue weighted by Crippen LogP contribution is 2.34. The Balaban J connectivity index is 1.47. The van der Waals surface area contributed by atoms with Crippen molar-refractivity contribution in [2.45, 2.75) is 29.4 Å². The number of fused-ring (bicyclic) bond motifs is 1. The largest absolute Gasteiger partial charge is 0.454 e. The molecule has 144 valence electrons. The van der Waals surface area contributed by atoms with Gasteiger partial charge in [0.05, 0.1) is 12.1 Å². The molecule has 0 N–H and O–H groups in total. The first-order chi connectivity index (χ1) is 12.9. The van der Waals surface area contributed by atoms with Crippen LogP contribution in [0.2, 0.25) is 0 Å². The molecule has 0 unspecified atom stereocenters. The minimum atomic E-state index is -3.37. The van der Waals surface area contributed by atoms with Crippen molar-refractivity contribution in [2.24, 2.45) is 0 Å². The van der Waals surface area contributed by atoms with Gasteiger partial charge in [-0.25, -0.2) is 8.42 Å². The van der Waals surface area contributed by atoms with Gasteiger partial charge in [0.2, 0.25) is 12.7 Å². The van der Waals surface area contributed by atoms with E-state index in [1.54, 1.807) is 4.90 Å². The van der Waals surface area contributed by atoms with Crippen molar-refractivity contribution in [1.29, 1.82) is 0 Å². The molecule has 1 saturated heterocycles. The number of aromatic nitrogens is 2. The lowest BCUT2D eigenvalue weighted by Gasteiger charge is -2.32. The molecule has 2 aliphatic heterocycles. The molecular weight excluding hydrogens is 390 g/mol. The van der Waals surface area contributed by atoms with E-state index in [4.69, 9.17) is 9.47 Å². The van der Waals surface area contributed by atoms with E-state index in [0.29, 0.717) is 30.3 Å². The van der Waals surface area contributed by atoms with Gasteiger partial charge in [-0.3, -0.25) is 4.79 Å². The third-order valence-electron chi connectivity index (χ3n) is 4.77. The van der Waals surface area contributed by atoms with E-state index in [1.165, 1.54) is 0 Å². The molecule has 0 aliphatic carbocycles. The molecule has 1 atom stereocenters. The maximum atomic E-state index is 12.8. The minimum absolute atomic E-state index is 0.00246. The molecule has 8 nitrogen and oxygen atoms in total. The predicted molar refractivity (Wildman–Crippen MR) is 97.8 cm³/mol. The van der Waals surface area contributed by atoms with Crippen molar-refractivity contribution in [3.63, 3.8) is 0 Å². The number of amides is 1. The van der Waals surface area contributed by atoms with Gasteiger partial charge in [0, 0.05) is 36.8 Å². The summed E-state index contributed by atoms with van der Waals surface area (Å²) in [6, 6.07) is 5.50. The third kappa shape index (κ3) is 3.77. The lowest BCUT2D eigenvalue weighted by Crippen LogP contribution is -2.40. The zero-order valence-corrected chi connectivity index (χ0v) is 16.4. The van der Waals surface area contributed by atoms with Crippen molar-refractivity contribution in [1.82, 2.24) is 14.5 Å². The molecule has 1 amide bonds. The molecule has 27 heavy (non-hydrogen) atoms. The average Bonchev–Trinajstić information content (AvgIpc) is 3.30. The van der Waals surface area contributed by atoms with Gasteiger partial charge in [-0.05, 0) is 30.5 Å². The Bertz CT molecular complexity index is 973. The topological polar surface area (TPSA) is 98.7 Å². The van der Waals surface area contributed by atoms with Crippen molar-refractivity contribution < 1.29 is 22.7 Å². The van der Waals surface area contributed by atoms with Crippen molar-refractivity contribution in [3.05, 3.63) is 29.5 Å². The summed E-state index contributed by atoms with van der Waals surface area (Å²) in [5.74, 6) is 1.24. The number of carbonyl (C=O) groups excluding carboxylic acids is 1. The fourth-order valence-electron chi connectivity index (χ4n) is 3.46. The lowest BCUT2D eigenvalue weighted by molar-refractivity contribution is -0.131. The van der Waals surface area contributed by atoms with Gasteiger partial charge in [-0.2, -0.15) is 0 Å². The van der Waals surface area contributed by atoms with Gasteiger partial charge in [-0.15, -0.1) is 5.10 Å². The van der Waals surface area contributed by atoms with E-state index in [-0.39, 0.29) is 29.2 Å². The van der Waals surface area contributed by atoms with Crippen LogP contribution in [0.1, 0.15) is 30.0 Å². The third-order valence-corrected chi connectivity index (χ3v) is 7.32. The van der Waals surface area contributed by atoms with E-state index in [2.05, 4.69) is 9.59 Å². The second-order valence-corrected chi connectivity index (χ2v) is 9.73. The van der Waals surface area contributed by atoms with Crippen LogP contribution in [0.4, 0.5) is 0 Å². The lowest BCUT2D eigenvalue weighted by atomic mass is 9.95. The number of likely N-dealkylation sites (tertiary alicyclic amines) is 1. The van der Waals surface area contributed by atoms with Gasteiger partial charge in [0.25, 0.3) is 0 Å². The van der Waals surface area contributed by atoms with Gasteiger partial charge in [0.15, 0.2) is 25.5 Å². The van der Waals surface area contributed by atoms with E-state index >= 15 is 0 Å². The van der Waals surface area contributed by atoms with Crippen molar-refractivity contribution in [3.8, 4) is 11.5 Å². The van der Waals surface area contributed by atoms with Gasteiger partial charge in [0.1, 0.15) is 0 Å². The summed E-state index contributed by atoms with van der Waals surface area (Å²) in [6.07, 6.45) is 3.02. The number of nitrogens with zero attached hydrogens (tertiary/aromatic N) is 3. The molecule has 4 rings (SSSR count). The molecule has 1 fully saturated rings. The Labute approximate surface area is 161 Å². The molecule has 2 aliphatic rings. The summed E-state index contributed by atoms with van der Waals surface area (Å²) in [5.41, 5.74) is 1.35. The molecule has 3 heterocycles. The SMILES string of the molecule is CS(=O)(=O)c1snnc1[C@H]1CCCN(C(=O)Cc2ccc3c(c2)OCO3)C1. The van der Waals surface area contributed by atoms with E-state index in [9.17, 15) is 13.2 Å². The molecule has 10 heteroatoms. The highest BCUT2D eigenvalue weighted by molar-refractivity contribution is 7.92. The number of ether oxygens (including phenoxy) is 2.